The fraction of sp³-hybridized carbons (Fsp3) is 0.667. The molecule has 6 heteroatoms. The number of carbonyl (C=O) groups excluding carboxylic acids is 1. The summed E-state index contributed by atoms with van der Waals surface area (Å²) in [4.78, 5) is 23.6. The van der Waals surface area contributed by atoms with E-state index in [1.54, 1.807) is 13.2 Å². The minimum Gasteiger partial charge on any atom is -0.481 e. The van der Waals surface area contributed by atoms with Crippen LogP contribution in [0.4, 0.5) is 0 Å². The molecule has 166 valence electrons. The molecule has 0 heterocycles. The molecule has 1 fully saturated rings. The number of hydrogen-bond donors (Lipinski definition) is 3. The number of nitrogens with one attached hydrogen (secondary N) is 1. The molecule has 0 spiro atoms. The van der Waals surface area contributed by atoms with Crippen molar-refractivity contribution >= 4 is 11.9 Å². The van der Waals surface area contributed by atoms with E-state index in [9.17, 15) is 14.7 Å². The highest BCUT2D eigenvalue weighted by Crippen LogP contribution is 2.39. The van der Waals surface area contributed by atoms with Crippen LogP contribution < -0.4 is 11.1 Å². The van der Waals surface area contributed by atoms with Crippen molar-refractivity contribution in [3.05, 3.63) is 34.9 Å². The molecule has 2 aliphatic carbocycles. The summed E-state index contributed by atoms with van der Waals surface area (Å²) in [5.41, 5.74) is 8.00. The van der Waals surface area contributed by atoms with Gasteiger partial charge in [-0.25, -0.2) is 0 Å². The van der Waals surface area contributed by atoms with Crippen LogP contribution in [0, 0.1) is 11.8 Å². The Bertz CT molecular complexity index is 770. The first kappa shape index (κ1) is 22.8. The van der Waals surface area contributed by atoms with Gasteiger partial charge in [0.1, 0.15) is 0 Å². The van der Waals surface area contributed by atoms with Crippen molar-refractivity contribution in [1.29, 1.82) is 0 Å². The number of rotatable bonds is 8. The van der Waals surface area contributed by atoms with E-state index < -0.39 is 11.9 Å². The van der Waals surface area contributed by atoms with Crippen LogP contribution in [0.2, 0.25) is 0 Å². The third-order valence-corrected chi connectivity index (χ3v) is 7.32. The Morgan fingerprint density at radius 2 is 1.97 bits per heavy atom. The molecule has 0 unspecified atom stereocenters. The fourth-order valence-corrected chi connectivity index (χ4v) is 5.57. The van der Waals surface area contributed by atoms with Crippen LogP contribution in [-0.4, -0.2) is 42.8 Å². The van der Waals surface area contributed by atoms with Gasteiger partial charge < -0.3 is 20.9 Å². The first-order chi connectivity index (χ1) is 14.3. The van der Waals surface area contributed by atoms with E-state index >= 15 is 0 Å². The Morgan fingerprint density at radius 1 is 1.27 bits per heavy atom. The molecule has 2 aliphatic rings. The second-order valence-corrected chi connectivity index (χ2v) is 9.50. The van der Waals surface area contributed by atoms with Crippen LogP contribution in [-0.2, 0) is 21.4 Å². The molecule has 3 rings (SSSR count). The van der Waals surface area contributed by atoms with Gasteiger partial charge in [-0.15, -0.1) is 0 Å². The van der Waals surface area contributed by atoms with Gasteiger partial charge in [-0.05, 0) is 55.0 Å². The Labute approximate surface area is 179 Å². The number of nitrogens with two attached hydrogens (primary N) is 1. The van der Waals surface area contributed by atoms with Gasteiger partial charge in [-0.2, -0.15) is 0 Å². The number of aliphatic carboxylic acids is 1. The Hall–Kier alpha value is -1.92. The molecule has 0 aromatic heterocycles. The third-order valence-electron chi connectivity index (χ3n) is 7.32. The van der Waals surface area contributed by atoms with Gasteiger partial charge in [0.2, 0.25) is 5.91 Å². The molecule has 0 saturated heterocycles. The minimum absolute atomic E-state index is 0.0129. The monoisotopic (exact) mass is 416 g/mol. The highest BCUT2D eigenvalue weighted by Gasteiger charge is 2.43. The van der Waals surface area contributed by atoms with Gasteiger partial charge in [0.05, 0.1) is 12.0 Å². The van der Waals surface area contributed by atoms with Gasteiger partial charge >= 0.3 is 5.97 Å². The number of carboxylic acids is 1. The molecule has 0 bridgehead atoms. The van der Waals surface area contributed by atoms with E-state index in [-0.39, 0.29) is 29.4 Å². The van der Waals surface area contributed by atoms with Crippen molar-refractivity contribution in [1.82, 2.24) is 5.32 Å². The normalized spacial score (nSPS) is 24.8. The SMILES string of the molecule is CO[C@@H]1Cc2ccc(C(N)=O)cc2C(C)(C)[C@H]1NCC[C@H](C(=O)O)C1CCCCC1. The van der Waals surface area contributed by atoms with Gasteiger partial charge in [0, 0.05) is 30.6 Å². The smallest absolute Gasteiger partial charge is 0.306 e. The van der Waals surface area contributed by atoms with E-state index in [1.807, 2.05) is 12.1 Å². The number of carboxylic acid groups (broad SMARTS) is 1. The first-order valence-corrected chi connectivity index (χ1v) is 11.2. The second kappa shape index (κ2) is 9.48. The van der Waals surface area contributed by atoms with E-state index in [0.717, 1.165) is 37.7 Å². The Morgan fingerprint density at radius 3 is 2.57 bits per heavy atom. The Kier molecular flexibility index (Phi) is 7.19. The molecule has 1 aromatic carbocycles. The lowest BCUT2D eigenvalue weighted by atomic mass is 9.67. The second-order valence-electron chi connectivity index (χ2n) is 9.50. The molecule has 1 aromatic rings. The lowest BCUT2D eigenvalue weighted by Gasteiger charge is -2.45. The summed E-state index contributed by atoms with van der Waals surface area (Å²) in [5.74, 6) is -1.11. The molecule has 0 radical (unpaired) electrons. The number of methoxy groups -OCH3 is 1. The lowest BCUT2D eigenvalue weighted by Crippen LogP contribution is -2.57. The highest BCUT2D eigenvalue weighted by molar-refractivity contribution is 5.93. The first-order valence-electron chi connectivity index (χ1n) is 11.2. The molecule has 3 atom stereocenters. The maximum atomic E-state index is 11.9. The quantitative estimate of drug-likeness (QED) is 0.604. The van der Waals surface area contributed by atoms with Crippen LogP contribution in [0.25, 0.3) is 0 Å². The minimum atomic E-state index is -0.675. The summed E-state index contributed by atoms with van der Waals surface area (Å²) in [6.45, 7) is 4.93. The zero-order valence-electron chi connectivity index (χ0n) is 18.4. The molecular weight excluding hydrogens is 380 g/mol. The summed E-state index contributed by atoms with van der Waals surface area (Å²) in [5, 5.41) is 13.4. The molecule has 0 aliphatic heterocycles. The van der Waals surface area contributed by atoms with Crippen molar-refractivity contribution in [3.63, 3.8) is 0 Å². The number of fused-ring (bicyclic) bond motifs is 1. The zero-order valence-corrected chi connectivity index (χ0v) is 18.4. The summed E-state index contributed by atoms with van der Waals surface area (Å²) in [6, 6.07) is 5.67. The Balaban J connectivity index is 1.74. The van der Waals surface area contributed by atoms with Crippen molar-refractivity contribution < 1.29 is 19.4 Å². The fourth-order valence-electron chi connectivity index (χ4n) is 5.57. The molecule has 30 heavy (non-hydrogen) atoms. The van der Waals surface area contributed by atoms with Crippen LogP contribution in [0.15, 0.2) is 18.2 Å². The van der Waals surface area contributed by atoms with E-state index in [0.29, 0.717) is 18.5 Å². The van der Waals surface area contributed by atoms with Crippen LogP contribution in [0.3, 0.4) is 0 Å². The number of amides is 1. The predicted octanol–water partition coefficient (Wildman–Crippen LogP) is 3.26. The van der Waals surface area contributed by atoms with Crippen molar-refractivity contribution in [2.75, 3.05) is 13.7 Å². The molecule has 1 saturated carbocycles. The molecule has 4 N–H and O–H groups in total. The van der Waals surface area contributed by atoms with Crippen molar-refractivity contribution in [2.45, 2.75) is 76.4 Å². The van der Waals surface area contributed by atoms with E-state index in [2.05, 4.69) is 19.2 Å². The summed E-state index contributed by atoms with van der Waals surface area (Å²) in [7, 11) is 1.72. The molecule has 1 amide bonds. The van der Waals surface area contributed by atoms with Gasteiger partial charge in [-0.1, -0.05) is 39.2 Å². The number of carbonyl (C=O) groups is 2. The average molecular weight is 417 g/mol. The highest BCUT2D eigenvalue weighted by atomic mass is 16.5. The van der Waals surface area contributed by atoms with Gasteiger partial charge in [-0.3, -0.25) is 9.59 Å². The molecule has 6 nitrogen and oxygen atoms in total. The summed E-state index contributed by atoms with van der Waals surface area (Å²) < 4.78 is 5.82. The van der Waals surface area contributed by atoms with Crippen LogP contribution in [0.5, 0.6) is 0 Å². The van der Waals surface area contributed by atoms with E-state index in [4.69, 9.17) is 10.5 Å². The number of benzene rings is 1. The third kappa shape index (κ3) is 4.70. The van der Waals surface area contributed by atoms with Crippen LogP contribution in [0.1, 0.15) is 73.9 Å². The number of primary amides is 1. The summed E-state index contributed by atoms with van der Waals surface area (Å²) in [6.07, 6.45) is 6.90. The zero-order chi connectivity index (χ0) is 21.9. The lowest BCUT2D eigenvalue weighted by molar-refractivity contribution is -0.144. The number of hydrogen-bond acceptors (Lipinski definition) is 4. The van der Waals surface area contributed by atoms with Crippen molar-refractivity contribution in [3.8, 4) is 0 Å². The molecular formula is C24H36N2O4. The summed E-state index contributed by atoms with van der Waals surface area (Å²) >= 11 is 0. The van der Waals surface area contributed by atoms with Crippen molar-refractivity contribution in [2.24, 2.45) is 17.6 Å². The van der Waals surface area contributed by atoms with Crippen LogP contribution >= 0.6 is 0 Å². The predicted molar refractivity (Wildman–Crippen MR) is 117 cm³/mol. The van der Waals surface area contributed by atoms with Gasteiger partial charge in [0.25, 0.3) is 0 Å². The largest absolute Gasteiger partial charge is 0.481 e. The average Bonchev–Trinajstić information content (AvgIpc) is 2.72. The maximum absolute atomic E-state index is 11.9. The maximum Gasteiger partial charge on any atom is 0.306 e. The standard InChI is InChI=1S/C24H36N2O4/c1-24(2)19-13-17(22(25)27)10-9-16(19)14-20(30-3)21(24)26-12-11-18(23(28)29)15-7-5-4-6-8-15/h9-10,13,15,18,20-21,26H,4-8,11-12,14H2,1-3H3,(H2,25,27)(H,28,29)/t18-,20+,21-/m0/s1. The number of ether oxygens (including phenoxy) is 1. The topological polar surface area (TPSA) is 102 Å². The van der Waals surface area contributed by atoms with Gasteiger partial charge in [0.15, 0.2) is 0 Å². The van der Waals surface area contributed by atoms with E-state index in [1.165, 1.54) is 12.0 Å².